The summed E-state index contributed by atoms with van der Waals surface area (Å²) in [5.41, 5.74) is 7.11. The van der Waals surface area contributed by atoms with Crippen molar-refractivity contribution in [1.29, 1.82) is 0 Å². The van der Waals surface area contributed by atoms with Crippen molar-refractivity contribution in [3.05, 3.63) is 95.2 Å². The average molecular weight is 373 g/mol. The van der Waals surface area contributed by atoms with Gasteiger partial charge in [-0.25, -0.2) is 4.31 Å². The topological polar surface area (TPSA) is 19.0 Å². The lowest BCUT2D eigenvalue weighted by Gasteiger charge is -2.39. The summed E-state index contributed by atoms with van der Waals surface area (Å²) in [6, 6.07) is 19.8. The third-order valence-electron chi connectivity index (χ3n) is 5.63. The number of piperidine rings is 1. The maximum Gasteiger partial charge on any atom is 0.0722 e. The molecule has 2 aromatic carbocycles. The highest BCUT2D eigenvalue weighted by molar-refractivity contribution is 7.96. The number of nitrogens with zero attached hydrogens (tertiary/aromatic N) is 1. The standard InChI is InChI=1S/C24H24N2S/c1-2-8-18(9-3-1)17-27-26-15-14-19-10-4-5-11-20(19)24(26)22-16-25-23-13-7-6-12-21(22)23/h1-3,6-13,16,24-25H,4-5,14-15,17H2. The minimum absolute atomic E-state index is 0.329. The van der Waals surface area contributed by atoms with Crippen molar-refractivity contribution in [1.82, 2.24) is 9.29 Å². The molecule has 2 heterocycles. The van der Waals surface area contributed by atoms with Gasteiger partial charge in [0.25, 0.3) is 0 Å². The lowest BCUT2D eigenvalue weighted by atomic mass is 9.84. The van der Waals surface area contributed by atoms with E-state index >= 15 is 0 Å². The van der Waals surface area contributed by atoms with E-state index in [4.69, 9.17) is 0 Å². The molecular formula is C24H24N2S. The van der Waals surface area contributed by atoms with Crippen LogP contribution in [0.15, 0.2) is 84.1 Å². The SMILES string of the molecule is C1=C2CCN(SCc3ccccc3)C(c3c[nH]c4ccccc34)C2=CCC1. The van der Waals surface area contributed by atoms with Gasteiger partial charge in [0.1, 0.15) is 0 Å². The molecule has 136 valence electrons. The molecule has 3 heteroatoms. The van der Waals surface area contributed by atoms with E-state index < -0.39 is 0 Å². The van der Waals surface area contributed by atoms with Crippen LogP contribution in [0.3, 0.4) is 0 Å². The molecule has 1 unspecified atom stereocenters. The maximum absolute atomic E-state index is 3.49. The van der Waals surface area contributed by atoms with Gasteiger partial charge in [0.05, 0.1) is 6.04 Å². The maximum atomic E-state index is 3.49. The molecule has 1 fully saturated rings. The number of rotatable bonds is 4. The van der Waals surface area contributed by atoms with E-state index in [-0.39, 0.29) is 0 Å². The van der Waals surface area contributed by atoms with Crippen molar-refractivity contribution in [2.75, 3.05) is 6.54 Å². The number of aromatic amines is 1. The Kier molecular flexibility index (Phi) is 4.64. The van der Waals surface area contributed by atoms with Gasteiger partial charge in [-0.3, -0.25) is 0 Å². The van der Waals surface area contributed by atoms with Gasteiger partial charge in [-0.15, -0.1) is 0 Å². The number of H-pyrrole nitrogens is 1. The first-order valence-electron chi connectivity index (χ1n) is 9.79. The zero-order valence-corrected chi connectivity index (χ0v) is 16.2. The monoisotopic (exact) mass is 372 g/mol. The van der Waals surface area contributed by atoms with Crippen LogP contribution in [-0.2, 0) is 5.75 Å². The first-order valence-corrected chi connectivity index (χ1v) is 10.7. The average Bonchev–Trinajstić information content (AvgIpc) is 3.16. The lowest BCUT2D eigenvalue weighted by Crippen LogP contribution is -2.31. The molecule has 1 atom stereocenters. The van der Waals surface area contributed by atoms with E-state index in [0.29, 0.717) is 6.04 Å². The van der Waals surface area contributed by atoms with Crippen molar-refractivity contribution in [2.45, 2.75) is 31.1 Å². The predicted octanol–water partition coefficient (Wildman–Crippen LogP) is 6.41. The fraction of sp³-hybridized carbons (Fsp3) is 0.250. The minimum Gasteiger partial charge on any atom is -0.361 e. The molecule has 0 saturated carbocycles. The molecule has 5 rings (SSSR count). The second kappa shape index (κ2) is 7.41. The van der Waals surface area contributed by atoms with Crippen molar-refractivity contribution in [2.24, 2.45) is 0 Å². The molecule has 2 aliphatic rings. The number of fused-ring (bicyclic) bond motifs is 2. The summed E-state index contributed by atoms with van der Waals surface area (Å²) in [6.07, 6.45) is 10.7. The molecule has 0 bridgehead atoms. The fourth-order valence-electron chi connectivity index (χ4n) is 4.31. The number of hydrogen-bond acceptors (Lipinski definition) is 2. The third kappa shape index (κ3) is 3.26. The van der Waals surface area contributed by atoms with Crippen molar-refractivity contribution < 1.29 is 0 Å². The summed E-state index contributed by atoms with van der Waals surface area (Å²) in [7, 11) is 0. The summed E-state index contributed by atoms with van der Waals surface area (Å²) >= 11 is 1.97. The van der Waals surface area contributed by atoms with Crippen LogP contribution in [0.25, 0.3) is 10.9 Å². The van der Waals surface area contributed by atoms with E-state index in [1.807, 2.05) is 11.9 Å². The van der Waals surface area contributed by atoms with Gasteiger partial charge < -0.3 is 4.98 Å². The Hall–Kier alpha value is -2.23. The number of benzene rings is 2. The van der Waals surface area contributed by atoms with Crippen molar-refractivity contribution >= 4 is 22.9 Å². The minimum atomic E-state index is 0.329. The van der Waals surface area contributed by atoms with E-state index in [2.05, 4.69) is 82.2 Å². The zero-order chi connectivity index (χ0) is 18.1. The Morgan fingerprint density at radius 3 is 2.70 bits per heavy atom. The summed E-state index contributed by atoms with van der Waals surface area (Å²) in [4.78, 5) is 3.49. The van der Waals surface area contributed by atoms with E-state index in [1.165, 1.54) is 34.0 Å². The highest BCUT2D eigenvalue weighted by Crippen LogP contribution is 2.46. The number of para-hydroxylation sites is 1. The van der Waals surface area contributed by atoms with Gasteiger partial charge in [-0.1, -0.05) is 72.6 Å². The molecule has 1 aliphatic carbocycles. The first kappa shape index (κ1) is 16.9. The molecule has 1 N–H and O–H groups in total. The molecular weight excluding hydrogens is 348 g/mol. The van der Waals surface area contributed by atoms with Gasteiger partial charge in [-0.05, 0) is 47.6 Å². The Morgan fingerprint density at radius 2 is 1.78 bits per heavy atom. The Morgan fingerprint density at radius 1 is 0.963 bits per heavy atom. The molecule has 0 amide bonds. The van der Waals surface area contributed by atoms with Crippen LogP contribution in [0, 0.1) is 0 Å². The van der Waals surface area contributed by atoms with Gasteiger partial charge in [-0.2, -0.15) is 0 Å². The first-order chi connectivity index (χ1) is 13.4. The normalized spacial score (nSPS) is 20.2. The van der Waals surface area contributed by atoms with Crippen LogP contribution in [-0.4, -0.2) is 15.8 Å². The van der Waals surface area contributed by atoms with Gasteiger partial charge in [0.15, 0.2) is 0 Å². The highest BCUT2D eigenvalue weighted by atomic mass is 32.2. The van der Waals surface area contributed by atoms with Crippen LogP contribution < -0.4 is 0 Å². The largest absolute Gasteiger partial charge is 0.361 e. The van der Waals surface area contributed by atoms with Crippen molar-refractivity contribution in [3.8, 4) is 0 Å². The molecule has 27 heavy (non-hydrogen) atoms. The summed E-state index contributed by atoms with van der Waals surface area (Å²) in [5.74, 6) is 1.02. The van der Waals surface area contributed by atoms with E-state index in [1.54, 1.807) is 5.57 Å². The molecule has 1 aliphatic heterocycles. The Bertz CT molecular complexity index is 999. The number of allylic oxidation sites excluding steroid dienone is 2. The van der Waals surface area contributed by atoms with E-state index in [9.17, 15) is 0 Å². The molecule has 2 nitrogen and oxygen atoms in total. The summed E-state index contributed by atoms with van der Waals surface area (Å²) in [5, 5.41) is 1.35. The molecule has 3 aromatic rings. The number of aromatic nitrogens is 1. The van der Waals surface area contributed by atoms with Gasteiger partial charge in [0, 0.05) is 29.4 Å². The molecule has 1 aromatic heterocycles. The van der Waals surface area contributed by atoms with Crippen LogP contribution in [0.1, 0.15) is 36.4 Å². The predicted molar refractivity (Wildman–Crippen MR) is 115 cm³/mol. The highest BCUT2D eigenvalue weighted by Gasteiger charge is 2.33. The van der Waals surface area contributed by atoms with Gasteiger partial charge >= 0.3 is 0 Å². The summed E-state index contributed by atoms with van der Waals surface area (Å²) < 4.78 is 2.61. The Labute approximate surface area is 165 Å². The second-order valence-electron chi connectivity index (χ2n) is 7.31. The van der Waals surface area contributed by atoms with Crippen LogP contribution in [0.2, 0.25) is 0 Å². The number of hydrogen-bond donors (Lipinski definition) is 1. The van der Waals surface area contributed by atoms with E-state index in [0.717, 1.165) is 25.1 Å². The fourth-order valence-corrected chi connectivity index (χ4v) is 5.41. The molecule has 0 spiro atoms. The van der Waals surface area contributed by atoms with Crippen LogP contribution >= 0.6 is 11.9 Å². The van der Waals surface area contributed by atoms with Gasteiger partial charge in [0.2, 0.25) is 0 Å². The Balaban J connectivity index is 1.51. The summed E-state index contributed by atoms with van der Waals surface area (Å²) in [6.45, 7) is 1.10. The third-order valence-corrected chi connectivity index (χ3v) is 6.82. The van der Waals surface area contributed by atoms with Crippen molar-refractivity contribution in [3.63, 3.8) is 0 Å². The molecule has 1 saturated heterocycles. The molecule has 0 radical (unpaired) electrons. The van der Waals surface area contributed by atoms with Crippen LogP contribution in [0.5, 0.6) is 0 Å². The quantitative estimate of drug-likeness (QED) is 0.534. The number of nitrogens with one attached hydrogen (secondary N) is 1. The lowest BCUT2D eigenvalue weighted by molar-refractivity contribution is 0.377. The van der Waals surface area contributed by atoms with Crippen LogP contribution in [0.4, 0.5) is 0 Å². The smallest absolute Gasteiger partial charge is 0.0722 e. The zero-order valence-electron chi connectivity index (χ0n) is 15.4. The second-order valence-corrected chi connectivity index (χ2v) is 8.32.